The fourth-order valence-corrected chi connectivity index (χ4v) is 4.80. The monoisotopic (exact) mass is 336 g/mol. The molecule has 0 spiro atoms. The number of benzene rings is 1. The number of sulfone groups is 1. The topological polar surface area (TPSA) is 40.6 Å². The van der Waals surface area contributed by atoms with Gasteiger partial charge in [-0.1, -0.05) is 0 Å². The number of hydrogen-bond acceptors (Lipinski definition) is 4. The third-order valence-electron chi connectivity index (χ3n) is 5.04. The molecule has 0 N–H and O–H groups in total. The first-order valence-corrected chi connectivity index (χ1v) is 10.4. The van der Waals surface area contributed by atoms with Crippen molar-refractivity contribution in [3.63, 3.8) is 0 Å². The molecule has 5 heteroatoms. The van der Waals surface area contributed by atoms with Crippen LogP contribution in [0.15, 0.2) is 23.1 Å². The van der Waals surface area contributed by atoms with Crippen molar-refractivity contribution in [3.8, 4) is 0 Å². The molecule has 0 saturated carbocycles. The van der Waals surface area contributed by atoms with Gasteiger partial charge in [-0.25, -0.2) is 8.42 Å². The average Bonchev–Trinajstić information content (AvgIpc) is 3.09. The molecule has 2 aliphatic rings. The highest BCUT2D eigenvalue weighted by molar-refractivity contribution is 7.92. The molecule has 2 saturated heterocycles. The second-order valence-corrected chi connectivity index (χ2v) is 9.46. The molecule has 3 rings (SSSR count). The molecule has 4 nitrogen and oxygen atoms in total. The summed E-state index contributed by atoms with van der Waals surface area (Å²) in [6.45, 7) is 7.61. The maximum Gasteiger partial charge on any atom is 0.182 e. The second kappa shape index (κ2) is 6.71. The summed E-state index contributed by atoms with van der Waals surface area (Å²) in [4.78, 5) is 5.16. The molecule has 0 amide bonds. The highest BCUT2D eigenvalue weighted by atomic mass is 32.2. The quantitative estimate of drug-likeness (QED) is 0.844. The van der Waals surface area contributed by atoms with Gasteiger partial charge in [-0.15, -0.1) is 0 Å². The SMILES string of the molecule is CC(C)S(=O)(=O)c1ccc(N2CCCCC2)cc1N1CCCC1. The van der Waals surface area contributed by atoms with E-state index in [9.17, 15) is 8.42 Å². The number of piperidine rings is 1. The van der Waals surface area contributed by atoms with Gasteiger partial charge in [0.15, 0.2) is 9.84 Å². The minimum atomic E-state index is -3.25. The van der Waals surface area contributed by atoms with Crippen LogP contribution in [0.2, 0.25) is 0 Å². The van der Waals surface area contributed by atoms with Crippen LogP contribution in [0.1, 0.15) is 46.0 Å². The summed E-state index contributed by atoms with van der Waals surface area (Å²) in [6, 6.07) is 5.96. The molecule has 0 bridgehead atoms. The van der Waals surface area contributed by atoms with Gasteiger partial charge in [0.05, 0.1) is 15.8 Å². The second-order valence-electron chi connectivity index (χ2n) is 6.99. The van der Waals surface area contributed by atoms with E-state index in [1.807, 2.05) is 12.1 Å². The van der Waals surface area contributed by atoms with Crippen LogP contribution in [-0.4, -0.2) is 39.8 Å². The molecule has 1 aromatic rings. The van der Waals surface area contributed by atoms with Crippen molar-refractivity contribution < 1.29 is 8.42 Å². The Bertz CT molecular complexity index is 643. The van der Waals surface area contributed by atoms with Crippen molar-refractivity contribution in [3.05, 3.63) is 18.2 Å². The minimum Gasteiger partial charge on any atom is -0.371 e. The van der Waals surface area contributed by atoms with Crippen molar-refractivity contribution in [2.45, 2.75) is 56.1 Å². The summed E-state index contributed by atoms with van der Waals surface area (Å²) in [5.41, 5.74) is 2.09. The molecule has 0 unspecified atom stereocenters. The Kier molecular flexibility index (Phi) is 4.85. The summed E-state index contributed by atoms with van der Waals surface area (Å²) in [6.07, 6.45) is 6.05. The molecule has 0 aliphatic carbocycles. The maximum atomic E-state index is 12.8. The lowest BCUT2D eigenvalue weighted by atomic mass is 10.1. The summed E-state index contributed by atoms with van der Waals surface area (Å²) >= 11 is 0. The van der Waals surface area contributed by atoms with Crippen LogP contribution in [0, 0.1) is 0 Å². The summed E-state index contributed by atoms with van der Waals surface area (Å²) in [5, 5.41) is -0.385. The van der Waals surface area contributed by atoms with E-state index in [0.717, 1.165) is 44.7 Å². The maximum absolute atomic E-state index is 12.8. The molecule has 0 aromatic heterocycles. The molecular formula is C18H28N2O2S. The Morgan fingerprint density at radius 3 is 2.04 bits per heavy atom. The van der Waals surface area contributed by atoms with Crippen LogP contribution in [-0.2, 0) is 9.84 Å². The van der Waals surface area contributed by atoms with Crippen LogP contribution >= 0.6 is 0 Å². The van der Waals surface area contributed by atoms with Crippen LogP contribution in [0.4, 0.5) is 11.4 Å². The number of rotatable bonds is 4. The molecule has 2 fully saturated rings. The normalized spacial score (nSPS) is 19.6. The van der Waals surface area contributed by atoms with E-state index in [4.69, 9.17) is 0 Å². The van der Waals surface area contributed by atoms with Crippen LogP contribution in [0.3, 0.4) is 0 Å². The first kappa shape index (κ1) is 16.6. The van der Waals surface area contributed by atoms with Gasteiger partial charge < -0.3 is 9.80 Å². The molecule has 2 heterocycles. The van der Waals surface area contributed by atoms with Crippen molar-refractivity contribution in [1.29, 1.82) is 0 Å². The van der Waals surface area contributed by atoms with Gasteiger partial charge in [-0.3, -0.25) is 0 Å². The first-order chi connectivity index (χ1) is 11.0. The molecule has 1 aromatic carbocycles. The fourth-order valence-electron chi connectivity index (χ4n) is 3.55. The van der Waals surface area contributed by atoms with Crippen molar-refractivity contribution in [2.24, 2.45) is 0 Å². The Morgan fingerprint density at radius 1 is 0.870 bits per heavy atom. The molecule has 23 heavy (non-hydrogen) atoms. The van der Waals surface area contributed by atoms with Gasteiger partial charge in [-0.2, -0.15) is 0 Å². The summed E-state index contributed by atoms with van der Waals surface area (Å²) < 4.78 is 25.5. The highest BCUT2D eigenvalue weighted by Gasteiger charge is 2.27. The lowest BCUT2D eigenvalue weighted by molar-refractivity contribution is 0.577. The van der Waals surface area contributed by atoms with Crippen molar-refractivity contribution in [2.75, 3.05) is 36.0 Å². The van der Waals surface area contributed by atoms with E-state index in [2.05, 4.69) is 15.9 Å². The standard InChI is InChI=1S/C18H28N2O2S/c1-15(2)23(21,22)18-9-8-16(19-10-4-3-5-11-19)14-17(18)20-12-6-7-13-20/h8-9,14-15H,3-7,10-13H2,1-2H3. The number of nitrogens with zero attached hydrogens (tertiary/aromatic N) is 2. The largest absolute Gasteiger partial charge is 0.371 e. The van der Waals surface area contributed by atoms with Gasteiger partial charge in [-0.05, 0) is 64.2 Å². The lowest BCUT2D eigenvalue weighted by Crippen LogP contribution is -2.30. The van der Waals surface area contributed by atoms with Gasteiger partial charge in [0.2, 0.25) is 0 Å². The van der Waals surface area contributed by atoms with E-state index < -0.39 is 9.84 Å². The van der Waals surface area contributed by atoms with E-state index in [-0.39, 0.29) is 5.25 Å². The average molecular weight is 337 g/mol. The third-order valence-corrected chi connectivity index (χ3v) is 7.24. The Balaban J connectivity index is 2.02. The molecule has 128 valence electrons. The third kappa shape index (κ3) is 3.35. The van der Waals surface area contributed by atoms with Crippen molar-refractivity contribution >= 4 is 21.2 Å². The van der Waals surface area contributed by atoms with Crippen LogP contribution in [0.25, 0.3) is 0 Å². The van der Waals surface area contributed by atoms with Crippen LogP contribution in [0.5, 0.6) is 0 Å². The fraction of sp³-hybridized carbons (Fsp3) is 0.667. The zero-order chi connectivity index (χ0) is 16.4. The smallest absolute Gasteiger partial charge is 0.182 e. The molecule has 0 atom stereocenters. The first-order valence-electron chi connectivity index (χ1n) is 8.88. The Labute approximate surface area is 140 Å². The molecule has 0 radical (unpaired) electrons. The van der Waals surface area contributed by atoms with Gasteiger partial charge in [0.25, 0.3) is 0 Å². The Hall–Kier alpha value is -1.23. The predicted octanol–water partition coefficient (Wildman–Crippen LogP) is 3.46. The summed E-state index contributed by atoms with van der Waals surface area (Å²) in [7, 11) is -3.25. The van der Waals surface area contributed by atoms with Gasteiger partial charge in [0, 0.05) is 31.9 Å². The molecular weight excluding hydrogens is 308 g/mol. The van der Waals surface area contributed by atoms with Crippen LogP contribution < -0.4 is 9.80 Å². The zero-order valence-electron chi connectivity index (χ0n) is 14.3. The number of hydrogen-bond donors (Lipinski definition) is 0. The van der Waals surface area contributed by atoms with Gasteiger partial charge >= 0.3 is 0 Å². The lowest BCUT2D eigenvalue weighted by Gasteiger charge is -2.31. The zero-order valence-corrected chi connectivity index (χ0v) is 15.1. The highest BCUT2D eigenvalue weighted by Crippen LogP contribution is 2.35. The van der Waals surface area contributed by atoms with E-state index in [1.54, 1.807) is 13.8 Å². The Morgan fingerprint density at radius 2 is 1.43 bits per heavy atom. The van der Waals surface area contributed by atoms with E-state index >= 15 is 0 Å². The van der Waals surface area contributed by atoms with E-state index in [0.29, 0.717) is 4.90 Å². The van der Waals surface area contributed by atoms with E-state index in [1.165, 1.54) is 24.9 Å². The minimum absolute atomic E-state index is 0.385. The molecule has 2 aliphatic heterocycles. The van der Waals surface area contributed by atoms with Gasteiger partial charge in [0.1, 0.15) is 0 Å². The summed E-state index contributed by atoms with van der Waals surface area (Å²) in [5.74, 6) is 0. The predicted molar refractivity (Wildman–Crippen MR) is 96.3 cm³/mol. The number of anilines is 2. The van der Waals surface area contributed by atoms with Crippen molar-refractivity contribution in [1.82, 2.24) is 0 Å².